The Balaban J connectivity index is 1.50. The van der Waals surface area contributed by atoms with E-state index in [0.29, 0.717) is 25.0 Å². The Morgan fingerprint density at radius 2 is 1.89 bits per heavy atom. The number of fused-ring (bicyclic) bond motifs is 1. The molecular formula is C21H23N3O2S. The first kappa shape index (κ1) is 19.2. The number of aryl methyl sites for hydroxylation is 1. The molecule has 0 aliphatic heterocycles. The van der Waals surface area contributed by atoms with E-state index in [1.165, 1.54) is 11.1 Å². The lowest BCUT2D eigenvalue weighted by Crippen LogP contribution is -2.32. The van der Waals surface area contributed by atoms with Crippen molar-refractivity contribution in [2.45, 2.75) is 11.8 Å². The lowest BCUT2D eigenvalue weighted by Gasteiger charge is -2.09. The standard InChI is InChI=1S/C21H23N3O2S/c1-17-6-2-3-7-18(17)9-5-12-22-14-15-24-27(25,26)21-10-4-8-19-16-23-13-11-20(19)21/h2-11,13,16,22,24H,12,14-15H2,1H3/b9-5+. The second-order valence-electron chi connectivity index (χ2n) is 6.21. The van der Waals surface area contributed by atoms with Gasteiger partial charge in [-0.15, -0.1) is 0 Å². The quantitative estimate of drug-likeness (QED) is 0.588. The van der Waals surface area contributed by atoms with E-state index in [0.717, 1.165) is 5.39 Å². The highest BCUT2D eigenvalue weighted by Crippen LogP contribution is 2.21. The molecule has 6 heteroatoms. The van der Waals surface area contributed by atoms with Gasteiger partial charge in [-0.3, -0.25) is 4.98 Å². The molecule has 1 aromatic heterocycles. The molecule has 0 amide bonds. The van der Waals surface area contributed by atoms with Crippen molar-refractivity contribution in [2.24, 2.45) is 0 Å². The lowest BCUT2D eigenvalue weighted by molar-refractivity contribution is 0.579. The van der Waals surface area contributed by atoms with Crippen LogP contribution < -0.4 is 10.0 Å². The Morgan fingerprint density at radius 1 is 1.04 bits per heavy atom. The average Bonchev–Trinajstić information content (AvgIpc) is 2.68. The Bertz CT molecular complexity index is 1040. The molecule has 1 heterocycles. The van der Waals surface area contributed by atoms with Crippen LogP contribution in [0.4, 0.5) is 0 Å². The summed E-state index contributed by atoms with van der Waals surface area (Å²) in [5.74, 6) is 0. The van der Waals surface area contributed by atoms with Crippen LogP contribution in [-0.4, -0.2) is 33.0 Å². The van der Waals surface area contributed by atoms with Crippen LogP contribution in [0.15, 0.2) is 71.9 Å². The molecule has 0 fully saturated rings. The third-order valence-electron chi connectivity index (χ3n) is 4.27. The van der Waals surface area contributed by atoms with Crippen LogP contribution in [0.2, 0.25) is 0 Å². The second-order valence-corrected chi connectivity index (χ2v) is 7.95. The SMILES string of the molecule is Cc1ccccc1/C=C/CNCCNS(=O)(=O)c1cccc2cnccc12. The summed E-state index contributed by atoms with van der Waals surface area (Å²) < 4.78 is 27.8. The first-order chi connectivity index (χ1) is 13.1. The molecule has 0 atom stereocenters. The van der Waals surface area contributed by atoms with Gasteiger partial charge in [0, 0.05) is 42.8 Å². The van der Waals surface area contributed by atoms with Crippen LogP contribution in [0.5, 0.6) is 0 Å². The van der Waals surface area contributed by atoms with E-state index < -0.39 is 10.0 Å². The van der Waals surface area contributed by atoms with Gasteiger partial charge in [0.2, 0.25) is 10.0 Å². The first-order valence-corrected chi connectivity index (χ1v) is 10.3. The molecule has 5 nitrogen and oxygen atoms in total. The molecule has 0 saturated carbocycles. The van der Waals surface area contributed by atoms with Crippen molar-refractivity contribution in [2.75, 3.05) is 19.6 Å². The molecule has 2 N–H and O–H groups in total. The molecule has 140 valence electrons. The summed E-state index contributed by atoms with van der Waals surface area (Å²) in [7, 11) is -3.56. The zero-order valence-corrected chi connectivity index (χ0v) is 16.0. The summed E-state index contributed by atoms with van der Waals surface area (Å²) >= 11 is 0. The fourth-order valence-corrected chi connectivity index (χ4v) is 4.08. The van der Waals surface area contributed by atoms with Crippen molar-refractivity contribution < 1.29 is 8.42 Å². The number of benzene rings is 2. The van der Waals surface area contributed by atoms with E-state index in [4.69, 9.17) is 0 Å². The van der Waals surface area contributed by atoms with Crippen LogP contribution >= 0.6 is 0 Å². The predicted octanol–water partition coefficient (Wildman–Crippen LogP) is 3.12. The summed E-state index contributed by atoms with van der Waals surface area (Å²) in [6.45, 7) is 3.62. The number of hydrogen-bond donors (Lipinski definition) is 2. The molecule has 3 rings (SSSR count). The van der Waals surface area contributed by atoms with Gasteiger partial charge in [0.05, 0.1) is 4.90 Å². The largest absolute Gasteiger partial charge is 0.312 e. The number of hydrogen-bond acceptors (Lipinski definition) is 4. The zero-order valence-electron chi connectivity index (χ0n) is 15.2. The maximum Gasteiger partial charge on any atom is 0.241 e. The van der Waals surface area contributed by atoms with Crippen LogP contribution in [0.25, 0.3) is 16.8 Å². The molecule has 0 unspecified atom stereocenters. The molecule has 2 aromatic carbocycles. The van der Waals surface area contributed by atoms with Gasteiger partial charge in [-0.25, -0.2) is 13.1 Å². The maximum absolute atomic E-state index is 12.6. The van der Waals surface area contributed by atoms with Gasteiger partial charge in [0.15, 0.2) is 0 Å². The van der Waals surface area contributed by atoms with Crippen LogP contribution in [-0.2, 0) is 10.0 Å². The van der Waals surface area contributed by atoms with E-state index in [2.05, 4.69) is 40.2 Å². The summed E-state index contributed by atoms with van der Waals surface area (Å²) in [6, 6.07) is 15.1. The van der Waals surface area contributed by atoms with E-state index in [9.17, 15) is 8.42 Å². The maximum atomic E-state index is 12.6. The molecule has 0 aliphatic carbocycles. The number of sulfonamides is 1. The minimum atomic E-state index is -3.56. The van der Waals surface area contributed by atoms with Gasteiger partial charge >= 0.3 is 0 Å². The molecule has 0 saturated heterocycles. The van der Waals surface area contributed by atoms with Gasteiger partial charge in [-0.05, 0) is 30.2 Å². The van der Waals surface area contributed by atoms with Crippen molar-refractivity contribution in [1.29, 1.82) is 0 Å². The first-order valence-electron chi connectivity index (χ1n) is 8.83. The monoisotopic (exact) mass is 381 g/mol. The molecular weight excluding hydrogens is 358 g/mol. The molecule has 0 spiro atoms. The predicted molar refractivity (Wildman–Crippen MR) is 110 cm³/mol. The summed E-state index contributed by atoms with van der Waals surface area (Å²) in [5.41, 5.74) is 2.41. The number of pyridine rings is 1. The van der Waals surface area contributed by atoms with Crippen molar-refractivity contribution in [3.8, 4) is 0 Å². The van der Waals surface area contributed by atoms with E-state index in [1.54, 1.807) is 30.6 Å². The van der Waals surface area contributed by atoms with Gasteiger partial charge < -0.3 is 5.32 Å². The van der Waals surface area contributed by atoms with Crippen LogP contribution in [0.1, 0.15) is 11.1 Å². The number of nitrogens with zero attached hydrogens (tertiary/aromatic N) is 1. The van der Waals surface area contributed by atoms with Crippen molar-refractivity contribution >= 4 is 26.9 Å². The van der Waals surface area contributed by atoms with E-state index in [-0.39, 0.29) is 4.90 Å². The highest BCUT2D eigenvalue weighted by atomic mass is 32.2. The molecule has 27 heavy (non-hydrogen) atoms. The molecule has 0 bridgehead atoms. The van der Waals surface area contributed by atoms with Gasteiger partial charge in [-0.2, -0.15) is 0 Å². The smallest absolute Gasteiger partial charge is 0.241 e. The summed E-state index contributed by atoms with van der Waals surface area (Å²) in [4.78, 5) is 4.32. The highest BCUT2D eigenvalue weighted by molar-refractivity contribution is 7.89. The molecule has 0 radical (unpaired) electrons. The second kappa shape index (κ2) is 8.90. The summed E-state index contributed by atoms with van der Waals surface area (Å²) in [6.07, 6.45) is 7.37. The number of aromatic nitrogens is 1. The molecule has 3 aromatic rings. The fraction of sp³-hybridized carbons (Fsp3) is 0.190. The third-order valence-corrected chi connectivity index (χ3v) is 5.79. The van der Waals surface area contributed by atoms with Crippen LogP contribution in [0.3, 0.4) is 0 Å². The number of nitrogens with one attached hydrogen (secondary N) is 2. The Hall–Kier alpha value is -2.54. The average molecular weight is 382 g/mol. The summed E-state index contributed by atoms with van der Waals surface area (Å²) in [5, 5.41) is 4.69. The van der Waals surface area contributed by atoms with Crippen molar-refractivity contribution in [1.82, 2.24) is 15.0 Å². The lowest BCUT2D eigenvalue weighted by atomic mass is 10.1. The van der Waals surface area contributed by atoms with Gasteiger partial charge in [-0.1, -0.05) is 48.6 Å². The fourth-order valence-electron chi connectivity index (χ4n) is 2.82. The van der Waals surface area contributed by atoms with Gasteiger partial charge in [0.25, 0.3) is 0 Å². The number of rotatable bonds is 8. The van der Waals surface area contributed by atoms with E-state index >= 15 is 0 Å². The third kappa shape index (κ3) is 5.01. The van der Waals surface area contributed by atoms with Gasteiger partial charge in [0.1, 0.15) is 0 Å². The topological polar surface area (TPSA) is 71.1 Å². The van der Waals surface area contributed by atoms with Crippen molar-refractivity contribution in [3.63, 3.8) is 0 Å². The zero-order chi connectivity index (χ0) is 19.1. The molecule has 0 aliphatic rings. The highest BCUT2D eigenvalue weighted by Gasteiger charge is 2.16. The Morgan fingerprint density at radius 3 is 2.74 bits per heavy atom. The Labute approximate surface area is 160 Å². The minimum absolute atomic E-state index is 0.279. The van der Waals surface area contributed by atoms with E-state index in [1.807, 2.05) is 24.3 Å². The Kier molecular flexibility index (Phi) is 6.34. The normalized spacial score (nSPS) is 12.0. The van der Waals surface area contributed by atoms with Crippen molar-refractivity contribution in [3.05, 3.63) is 78.1 Å². The minimum Gasteiger partial charge on any atom is -0.312 e. The van der Waals surface area contributed by atoms with Crippen LogP contribution in [0, 0.1) is 6.92 Å².